The third-order valence-corrected chi connectivity index (χ3v) is 3.30. The van der Waals surface area contributed by atoms with Crippen molar-refractivity contribution in [1.82, 2.24) is 10.3 Å². The average molecular weight is 339 g/mol. The Bertz CT molecular complexity index is 592. The van der Waals surface area contributed by atoms with Crippen molar-refractivity contribution in [2.45, 2.75) is 19.9 Å². The highest BCUT2D eigenvalue weighted by atomic mass is 79.9. The summed E-state index contributed by atoms with van der Waals surface area (Å²) in [5.41, 5.74) is 0.523. The second kappa shape index (κ2) is 6.81. The van der Waals surface area contributed by atoms with Crippen LogP contribution in [0.4, 0.5) is 4.39 Å². The highest BCUT2D eigenvalue weighted by Crippen LogP contribution is 2.32. The van der Waals surface area contributed by atoms with Crippen molar-refractivity contribution in [3.05, 3.63) is 52.5 Å². The Morgan fingerprint density at radius 1 is 1.40 bits per heavy atom. The van der Waals surface area contributed by atoms with E-state index in [0.29, 0.717) is 17.1 Å². The normalized spacial score (nSPS) is 12.2. The Morgan fingerprint density at radius 2 is 2.20 bits per heavy atom. The van der Waals surface area contributed by atoms with E-state index in [1.807, 2.05) is 13.8 Å². The van der Waals surface area contributed by atoms with Crippen molar-refractivity contribution in [1.29, 1.82) is 0 Å². The van der Waals surface area contributed by atoms with Gasteiger partial charge >= 0.3 is 0 Å². The lowest BCUT2D eigenvalue weighted by atomic mass is 10.1. The van der Waals surface area contributed by atoms with Gasteiger partial charge in [0.15, 0.2) is 0 Å². The van der Waals surface area contributed by atoms with E-state index in [1.165, 1.54) is 6.07 Å². The maximum atomic E-state index is 14.1. The van der Waals surface area contributed by atoms with Crippen molar-refractivity contribution in [3.8, 4) is 11.5 Å². The third kappa shape index (κ3) is 3.55. The molecule has 20 heavy (non-hydrogen) atoms. The Labute approximate surface area is 126 Å². The van der Waals surface area contributed by atoms with Crippen LogP contribution in [0.15, 0.2) is 41.1 Å². The lowest BCUT2D eigenvalue weighted by molar-refractivity contribution is 0.446. The van der Waals surface area contributed by atoms with Crippen molar-refractivity contribution in [2.75, 3.05) is 6.54 Å². The molecule has 0 fully saturated rings. The van der Waals surface area contributed by atoms with E-state index in [0.717, 1.165) is 11.0 Å². The Morgan fingerprint density at radius 3 is 2.90 bits per heavy atom. The van der Waals surface area contributed by atoms with Gasteiger partial charge in [-0.25, -0.2) is 4.39 Å². The van der Waals surface area contributed by atoms with Gasteiger partial charge in [0.2, 0.25) is 0 Å². The number of pyridine rings is 1. The van der Waals surface area contributed by atoms with Gasteiger partial charge in [-0.2, -0.15) is 0 Å². The molecular weight excluding hydrogens is 323 g/mol. The molecule has 0 spiro atoms. The van der Waals surface area contributed by atoms with Gasteiger partial charge in [-0.3, -0.25) is 4.98 Å². The maximum Gasteiger partial charge on any atom is 0.146 e. The lowest BCUT2D eigenvalue weighted by Crippen LogP contribution is -2.19. The van der Waals surface area contributed by atoms with E-state index in [4.69, 9.17) is 4.74 Å². The molecule has 2 aromatic rings. The van der Waals surface area contributed by atoms with Crippen LogP contribution in [0.3, 0.4) is 0 Å². The van der Waals surface area contributed by atoms with Crippen LogP contribution in [0.2, 0.25) is 0 Å². The predicted octanol–water partition coefficient (Wildman–Crippen LogP) is 4.45. The maximum absolute atomic E-state index is 14.1. The minimum Gasteiger partial charge on any atom is -0.455 e. The fourth-order valence-corrected chi connectivity index (χ4v) is 2.35. The minimum absolute atomic E-state index is 0.128. The molecule has 0 aliphatic heterocycles. The first-order chi connectivity index (χ1) is 9.61. The number of ether oxygens (including phenoxy) is 1. The molecular formula is C15H16BrFN2O. The number of hydrogen-bond acceptors (Lipinski definition) is 3. The van der Waals surface area contributed by atoms with E-state index in [-0.39, 0.29) is 11.9 Å². The molecule has 106 valence electrons. The minimum atomic E-state index is -0.279. The zero-order valence-corrected chi connectivity index (χ0v) is 12.9. The van der Waals surface area contributed by atoms with Crippen LogP contribution in [0.25, 0.3) is 0 Å². The fourth-order valence-electron chi connectivity index (χ4n) is 2.01. The second-order valence-electron chi connectivity index (χ2n) is 4.37. The largest absolute Gasteiger partial charge is 0.455 e. The van der Waals surface area contributed by atoms with E-state index in [2.05, 4.69) is 26.2 Å². The van der Waals surface area contributed by atoms with Crippen molar-refractivity contribution < 1.29 is 9.13 Å². The van der Waals surface area contributed by atoms with Crippen LogP contribution in [0.1, 0.15) is 25.5 Å². The van der Waals surface area contributed by atoms with E-state index in [9.17, 15) is 4.39 Å². The van der Waals surface area contributed by atoms with Gasteiger partial charge < -0.3 is 10.1 Å². The highest BCUT2D eigenvalue weighted by Gasteiger charge is 2.16. The summed E-state index contributed by atoms with van der Waals surface area (Å²) in [4.78, 5) is 4.03. The van der Waals surface area contributed by atoms with Crippen LogP contribution in [0, 0.1) is 5.82 Å². The molecule has 1 heterocycles. The number of rotatable bonds is 5. The van der Waals surface area contributed by atoms with E-state index in [1.54, 1.807) is 30.6 Å². The molecule has 1 aromatic carbocycles. The van der Waals surface area contributed by atoms with Gasteiger partial charge in [-0.15, -0.1) is 0 Å². The summed E-state index contributed by atoms with van der Waals surface area (Å²) in [7, 11) is 0. The van der Waals surface area contributed by atoms with Crippen molar-refractivity contribution in [3.63, 3.8) is 0 Å². The van der Waals surface area contributed by atoms with Crippen molar-refractivity contribution >= 4 is 15.9 Å². The Balaban J connectivity index is 2.34. The molecule has 0 radical (unpaired) electrons. The zero-order valence-electron chi connectivity index (χ0n) is 11.4. The Kier molecular flexibility index (Phi) is 5.09. The summed E-state index contributed by atoms with van der Waals surface area (Å²) in [6.45, 7) is 4.65. The molecule has 0 bridgehead atoms. The molecule has 0 aliphatic rings. The number of halogens is 2. The molecule has 5 heteroatoms. The van der Waals surface area contributed by atoms with Crippen LogP contribution >= 0.6 is 15.9 Å². The van der Waals surface area contributed by atoms with Gasteiger partial charge in [0.05, 0.1) is 6.20 Å². The highest BCUT2D eigenvalue weighted by molar-refractivity contribution is 9.10. The predicted molar refractivity (Wildman–Crippen MR) is 80.5 cm³/mol. The first kappa shape index (κ1) is 14.9. The zero-order chi connectivity index (χ0) is 14.5. The Hall–Kier alpha value is -1.46. The van der Waals surface area contributed by atoms with Crippen LogP contribution in [-0.2, 0) is 0 Å². The van der Waals surface area contributed by atoms with Crippen LogP contribution < -0.4 is 10.1 Å². The van der Waals surface area contributed by atoms with Gasteiger partial charge in [0, 0.05) is 22.3 Å². The third-order valence-electron chi connectivity index (χ3n) is 2.86. The fraction of sp³-hybridized carbons (Fsp3) is 0.267. The molecule has 0 aliphatic carbocycles. The molecule has 0 amide bonds. The second-order valence-corrected chi connectivity index (χ2v) is 5.29. The number of nitrogens with one attached hydrogen (secondary N) is 1. The van der Waals surface area contributed by atoms with Crippen LogP contribution in [-0.4, -0.2) is 11.5 Å². The summed E-state index contributed by atoms with van der Waals surface area (Å²) in [5, 5.41) is 3.20. The first-order valence-electron chi connectivity index (χ1n) is 6.42. The summed E-state index contributed by atoms with van der Waals surface area (Å²) < 4.78 is 20.6. The van der Waals surface area contributed by atoms with E-state index < -0.39 is 0 Å². The smallest absolute Gasteiger partial charge is 0.146 e. The lowest BCUT2D eigenvalue weighted by Gasteiger charge is -2.18. The number of benzene rings is 1. The molecule has 0 saturated carbocycles. The summed E-state index contributed by atoms with van der Waals surface area (Å²) in [6, 6.07) is 6.50. The summed E-state index contributed by atoms with van der Waals surface area (Å²) in [5.74, 6) is 0.784. The average Bonchev–Trinajstić information content (AvgIpc) is 2.39. The standard InChI is InChI=1S/C15H16BrFN2O/c1-3-19-10(2)15-13(17)5-4-6-14(15)20-12-7-11(16)8-18-9-12/h4-10,19H,3H2,1-2H3. The summed E-state index contributed by atoms with van der Waals surface area (Å²) in [6.07, 6.45) is 3.26. The quantitative estimate of drug-likeness (QED) is 0.874. The number of hydrogen-bond donors (Lipinski definition) is 1. The number of nitrogens with zero attached hydrogens (tertiary/aromatic N) is 1. The van der Waals surface area contributed by atoms with Gasteiger partial charge in [-0.05, 0) is 47.6 Å². The SMILES string of the molecule is CCNC(C)c1c(F)cccc1Oc1cncc(Br)c1. The molecule has 2 rings (SSSR count). The molecule has 1 N–H and O–H groups in total. The van der Waals surface area contributed by atoms with Gasteiger partial charge in [-0.1, -0.05) is 13.0 Å². The number of aromatic nitrogens is 1. The monoisotopic (exact) mass is 338 g/mol. The van der Waals surface area contributed by atoms with E-state index >= 15 is 0 Å². The molecule has 3 nitrogen and oxygen atoms in total. The molecule has 1 atom stereocenters. The van der Waals surface area contributed by atoms with Crippen LogP contribution in [0.5, 0.6) is 11.5 Å². The van der Waals surface area contributed by atoms with Gasteiger partial charge in [0.1, 0.15) is 17.3 Å². The topological polar surface area (TPSA) is 34.1 Å². The first-order valence-corrected chi connectivity index (χ1v) is 7.21. The molecule has 1 aromatic heterocycles. The summed E-state index contributed by atoms with van der Waals surface area (Å²) >= 11 is 3.33. The molecule has 0 saturated heterocycles. The van der Waals surface area contributed by atoms with Crippen molar-refractivity contribution in [2.24, 2.45) is 0 Å². The van der Waals surface area contributed by atoms with Gasteiger partial charge in [0.25, 0.3) is 0 Å². The molecule has 1 unspecified atom stereocenters.